The number of aryl methyl sites for hydroxylation is 1. The van der Waals surface area contributed by atoms with Crippen LogP contribution in [0.3, 0.4) is 0 Å². The number of nitriles is 1. The summed E-state index contributed by atoms with van der Waals surface area (Å²) in [5, 5.41) is 15.7. The van der Waals surface area contributed by atoms with Crippen molar-refractivity contribution in [3.8, 4) is 22.9 Å². The summed E-state index contributed by atoms with van der Waals surface area (Å²) in [4.78, 5) is 30.6. The van der Waals surface area contributed by atoms with Crippen LogP contribution >= 0.6 is 0 Å². The summed E-state index contributed by atoms with van der Waals surface area (Å²) in [7, 11) is 1.45. The second-order valence-corrected chi connectivity index (χ2v) is 11.2. The maximum Gasteiger partial charge on any atom is 0.259 e. The maximum absolute atomic E-state index is 13.4. The van der Waals surface area contributed by atoms with Gasteiger partial charge in [0, 0.05) is 22.9 Å². The normalized spacial score (nSPS) is 13.8. The Morgan fingerprint density at radius 1 is 1.03 bits per heavy atom. The number of amides is 2. The van der Waals surface area contributed by atoms with E-state index < -0.39 is 0 Å². The zero-order chi connectivity index (χ0) is 28.2. The molecule has 3 aromatic rings. The number of ether oxygens (including phenoxy) is 1. The van der Waals surface area contributed by atoms with Gasteiger partial charge >= 0.3 is 0 Å². The molecule has 0 spiro atoms. The molecule has 1 saturated carbocycles. The molecule has 0 unspecified atom stereocenters. The van der Waals surface area contributed by atoms with E-state index in [2.05, 4.69) is 21.7 Å². The fraction of sp³-hybridized carbons (Fsp3) is 0.375. The first kappa shape index (κ1) is 27.8. The van der Waals surface area contributed by atoms with Gasteiger partial charge in [0.2, 0.25) is 0 Å². The molecule has 7 nitrogen and oxygen atoms in total. The summed E-state index contributed by atoms with van der Waals surface area (Å²) < 4.78 is 5.45. The summed E-state index contributed by atoms with van der Waals surface area (Å²) in [6.45, 7) is 7.98. The minimum absolute atomic E-state index is 0.0486. The van der Waals surface area contributed by atoms with Crippen LogP contribution < -0.4 is 15.4 Å². The smallest absolute Gasteiger partial charge is 0.259 e. The Hall–Kier alpha value is -4.18. The molecule has 0 atom stereocenters. The van der Waals surface area contributed by atoms with Gasteiger partial charge in [-0.3, -0.25) is 14.6 Å². The number of benzene rings is 2. The molecule has 0 aliphatic heterocycles. The third-order valence-electron chi connectivity index (χ3n) is 7.27. The van der Waals surface area contributed by atoms with E-state index in [4.69, 9.17) is 4.74 Å². The number of anilines is 1. The van der Waals surface area contributed by atoms with E-state index in [0.29, 0.717) is 16.8 Å². The largest absolute Gasteiger partial charge is 0.495 e. The van der Waals surface area contributed by atoms with Gasteiger partial charge in [0.05, 0.1) is 30.1 Å². The van der Waals surface area contributed by atoms with E-state index in [1.807, 2.05) is 58.0 Å². The first-order valence-electron chi connectivity index (χ1n) is 13.4. The van der Waals surface area contributed by atoms with E-state index in [-0.39, 0.29) is 34.6 Å². The lowest BCUT2D eigenvalue weighted by atomic mass is 9.84. The predicted molar refractivity (Wildman–Crippen MR) is 153 cm³/mol. The molecule has 7 heteroatoms. The van der Waals surface area contributed by atoms with Crippen molar-refractivity contribution in [2.24, 2.45) is 0 Å². The number of aromatic nitrogens is 1. The Morgan fingerprint density at radius 3 is 2.33 bits per heavy atom. The zero-order valence-electron chi connectivity index (χ0n) is 23.4. The standard InChI is InChI=1S/C32H36N4O3/c1-20-27(21-11-13-22(14-12-21)30(37)35-25-9-7-6-8-10-25)17-26(19-34-20)36-31(38)28-16-24(32(2,3)4)15-23(18-33)29(28)39-5/h11-17,19,25H,6-10H2,1-5H3,(H,35,37)(H,36,38). The highest BCUT2D eigenvalue weighted by molar-refractivity contribution is 6.07. The maximum atomic E-state index is 13.4. The number of rotatable bonds is 6. The van der Waals surface area contributed by atoms with Gasteiger partial charge in [0.15, 0.2) is 0 Å². The monoisotopic (exact) mass is 524 g/mol. The van der Waals surface area contributed by atoms with Gasteiger partial charge < -0.3 is 15.4 Å². The number of methoxy groups -OCH3 is 1. The van der Waals surface area contributed by atoms with Gasteiger partial charge in [-0.1, -0.05) is 52.2 Å². The van der Waals surface area contributed by atoms with Crippen molar-refractivity contribution in [1.29, 1.82) is 5.26 Å². The first-order valence-corrected chi connectivity index (χ1v) is 13.4. The van der Waals surface area contributed by atoms with Crippen LogP contribution in [0, 0.1) is 18.3 Å². The molecular weight excluding hydrogens is 488 g/mol. The fourth-order valence-electron chi connectivity index (χ4n) is 4.94. The Kier molecular flexibility index (Phi) is 8.35. The van der Waals surface area contributed by atoms with E-state index in [1.165, 1.54) is 13.5 Å². The molecule has 1 aliphatic carbocycles. The van der Waals surface area contributed by atoms with Crippen LogP contribution in [0.2, 0.25) is 0 Å². The highest BCUT2D eigenvalue weighted by Crippen LogP contribution is 2.33. The lowest BCUT2D eigenvalue weighted by Crippen LogP contribution is -2.36. The molecule has 0 saturated heterocycles. The molecular formula is C32H36N4O3. The molecule has 1 heterocycles. The van der Waals surface area contributed by atoms with Gasteiger partial charge in [0.1, 0.15) is 11.8 Å². The molecule has 1 fully saturated rings. The van der Waals surface area contributed by atoms with Gasteiger partial charge in [-0.2, -0.15) is 5.26 Å². The van der Waals surface area contributed by atoms with Gasteiger partial charge in [0.25, 0.3) is 11.8 Å². The number of hydrogen-bond donors (Lipinski definition) is 2. The fourth-order valence-corrected chi connectivity index (χ4v) is 4.94. The number of carbonyl (C=O) groups excluding carboxylic acids is 2. The van der Waals surface area contributed by atoms with Crippen LogP contribution in [-0.2, 0) is 5.41 Å². The molecule has 39 heavy (non-hydrogen) atoms. The van der Waals surface area contributed by atoms with Gasteiger partial charge in [-0.25, -0.2) is 0 Å². The first-order chi connectivity index (χ1) is 18.6. The number of nitrogens with one attached hydrogen (secondary N) is 2. The van der Waals surface area contributed by atoms with E-state index in [1.54, 1.807) is 18.3 Å². The molecule has 1 aromatic heterocycles. The quantitative estimate of drug-likeness (QED) is 0.380. The highest BCUT2D eigenvalue weighted by atomic mass is 16.5. The summed E-state index contributed by atoms with van der Waals surface area (Å²) >= 11 is 0. The Balaban J connectivity index is 1.56. The van der Waals surface area contributed by atoms with Crippen LogP contribution in [0.15, 0.2) is 48.7 Å². The van der Waals surface area contributed by atoms with Crippen molar-refractivity contribution in [2.45, 2.75) is 71.3 Å². The Morgan fingerprint density at radius 2 is 1.72 bits per heavy atom. The SMILES string of the molecule is COc1c(C#N)cc(C(C)(C)C)cc1C(=O)Nc1cnc(C)c(-c2ccc(C(=O)NC3CCCCC3)cc2)c1. The summed E-state index contributed by atoms with van der Waals surface area (Å²) in [5.41, 5.74) is 4.88. The topological polar surface area (TPSA) is 104 Å². The molecule has 2 aromatic carbocycles. The second-order valence-electron chi connectivity index (χ2n) is 11.2. The molecule has 0 radical (unpaired) electrons. The third-order valence-corrected chi connectivity index (χ3v) is 7.27. The van der Waals surface area contributed by atoms with Crippen LogP contribution in [-0.4, -0.2) is 29.9 Å². The number of hydrogen-bond acceptors (Lipinski definition) is 5. The van der Waals surface area contributed by atoms with E-state index in [9.17, 15) is 14.9 Å². The second kappa shape index (κ2) is 11.7. The molecule has 1 aliphatic rings. The van der Waals surface area contributed by atoms with Crippen molar-refractivity contribution < 1.29 is 14.3 Å². The summed E-state index contributed by atoms with van der Waals surface area (Å²) in [6, 6.07) is 15.3. The minimum Gasteiger partial charge on any atom is -0.495 e. The molecule has 2 amide bonds. The summed E-state index contributed by atoms with van der Waals surface area (Å²) in [5.74, 6) is -0.196. The summed E-state index contributed by atoms with van der Waals surface area (Å²) in [6.07, 6.45) is 7.25. The predicted octanol–water partition coefficient (Wildman–Crippen LogP) is 6.55. The van der Waals surface area contributed by atoms with E-state index in [0.717, 1.165) is 48.1 Å². The number of pyridine rings is 1. The van der Waals surface area contributed by atoms with E-state index >= 15 is 0 Å². The molecule has 202 valence electrons. The average Bonchev–Trinajstić information content (AvgIpc) is 2.93. The number of nitrogens with zero attached hydrogens (tertiary/aromatic N) is 2. The molecule has 2 N–H and O–H groups in total. The lowest BCUT2D eigenvalue weighted by molar-refractivity contribution is 0.0927. The number of carbonyl (C=O) groups is 2. The molecule has 4 rings (SSSR count). The van der Waals surface area contributed by atoms with Crippen molar-refractivity contribution in [2.75, 3.05) is 12.4 Å². The van der Waals surface area contributed by atoms with Crippen LogP contribution in [0.5, 0.6) is 5.75 Å². The highest BCUT2D eigenvalue weighted by Gasteiger charge is 2.23. The van der Waals surface area contributed by atoms with Crippen molar-refractivity contribution in [3.05, 3.63) is 76.6 Å². The van der Waals surface area contributed by atoms with Crippen molar-refractivity contribution in [3.63, 3.8) is 0 Å². The van der Waals surface area contributed by atoms with Crippen LogP contribution in [0.4, 0.5) is 5.69 Å². The average molecular weight is 525 g/mol. The van der Waals surface area contributed by atoms with Crippen molar-refractivity contribution >= 4 is 17.5 Å². The zero-order valence-corrected chi connectivity index (χ0v) is 23.4. The third kappa shape index (κ3) is 6.46. The van der Waals surface area contributed by atoms with Crippen molar-refractivity contribution in [1.82, 2.24) is 10.3 Å². The Bertz CT molecular complexity index is 1410. The lowest BCUT2D eigenvalue weighted by Gasteiger charge is -2.22. The Labute approximate surface area is 230 Å². The van der Waals surface area contributed by atoms with Gasteiger partial charge in [-0.05, 0) is 66.6 Å². The molecule has 0 bridgehead atoms. The van der Waals surface area contributed by atoms with Gasteiger partial charge in [-0.15, -0.1) is 0 Å². The minimum atomic E-state index is -0.388. The van der Waals surface area contributed by atoms with Crippen LogP contribution in [0.25, 0.3) is 11.1 Å². The van der Waals surface area contributed by atoms with Crippen LogP contribution in [0.1, 0.15) is 90.4 Å².